The van der Waals surface area contributed by atoms with Gasteiger partial charge in [-0.1, -0.05) is 24.3 Å². The number of nitrogens with one attached hydrogen (secondary N) is 1. The van der Waals surface area contributed by atoms with Crippen LogP contribution in [0.1, 0.15) is 11.3 Å². The molecule has 0 aliphatic rings. The summed E-state index contributed by atoms with van der Waals surface area (Å²) in [6, 6.07) is 13.0. The van der Waals surface area contributed by atoms with Crippen molar-refractivity contribution in [3.63, 3.8) is 0 Å². The first-order valence-electron chi connectivity index (χ1n) is 10.3. The van der Waals surface area contributed by atoms with E-state index in [-0.39, 0.29) is 17.2 Å². The number of aromatic nitrogens is 2. The van der Waals surface area contributed by atoms with Crippen LogP contribution in [0.3, 0.4) is 0 Å². The highest BCUT2D eigenvalue weighted by atomic mass is 19.3. The van der Waals surface area contributed by atoms with E-state index in [9.17, 15) is 23.2 Å². The van der Waals surface area contributed by atoms with Gasteiger partial charge in [0, 0.05) is 13.1 Å². The summed E-state index contributed by atoms with van der Waals surface area (Å²) >= 11 is 0. The molecule has 1 aromatic heterocycles. The van der Waals surface area contributed by atoms with Gasteiger partial charge in [-0.25, -0.2) is 9.48 Å². The average Bonchev–Trinajstić information content (AvgIpc) is 3.05. The van der Waals surface area contributed by atoms with Crippen molar-refractivity contribution in [2.45, 2.75) is 13.5 Å². The number of halogens is 2. The first kappa shape index (κ1) is 25.2. The molecule has 3 aromatic rings. The van der Waals surface area contributed by atoms with Crippen LogP contribution in [-0.4, -0.2) is 41.6 Å². The molecule has 1 N–H and O–H groups in total. The maximum Gasteiger partial charge on any atom is 0.387 e. The Hall–Kier alpha value is -4.41. The topological polar surface area (TPSA) is 101 Å². The van der Waals surface area contributed by atoms with Crippen LogP contribution >= 0.6 is 0 Å². The van der Waals surface area contributed by atoms with Crippen LogP contribution in [0.4, 0.5) is 14.5 Å². The lowest BCUT2D eigenvalue weighted by Gasteiger charge is -2.10. The number of alkyl halides is 2. The van der Waals surface area contributed by atoms with Gasteiger partial charge in [0.25, 0.3) is 11.5 Å². The minimum absolute atomic E-state index is 0.0552. The van der Waals surface area contributed by atoms with Gasteiger partial charge in [0.15, 0.2) is 18.1 Å². The summed E-state index contributed by atoms with van der Waals surface area (Å²) in [6.07, 6.45) is 2.42. The summed E-state index contributed by atoms with van der Waals surface area (Å²) in [5.41, 5.74) is 1.25. The molecule has 1 heterocycles. The monoisotopic (exact) mass is 487 g/mol. The number of carbonyl (C=O) groups excluding carboxylic acids is 2. The number of nitrogens with zero attached hydrogens (tertiary/aromatic N) is 2. The van der Waals surface area contributed by atoms with Crippen molar-refractivity contribution in [2.24, 2.45) is 7.05 Å². The molecule has 3 rings (SSSR count). The van der Waals surface area contributed by atoms with Gasteiger partial charge in [-0.15, -0.1) is 0 Å². The lowest BCUT2D eigenvalue weighted by molar-refractivity contribution is -0.142. The number of methoxy groups -OCH3 is 1. The summed E-state index contributed by atoms with van der Waals surface area (Å²) in [5.74, 6) is -1.60. The number of anilines is 1. The molecule has 184 valence electrons. The molecular formula is C24H23F2N3O6. The third-order valence-electron chi connectivity index (χ3n) is 4.98. The molecule has 2 aromatic carbocycles. The van der Waals surface area contributed by atoms with Crippen LogP contribution in [0.15, 0.2) is 59.4 Å². The lowest BCUT2D eigenvalue weighted by atomic mass is 10.2. The number of rotatable bonds is 9. The molecule has 35 heavy (non-hydrogen) atoms. The highest BCUT2D eigenvalue weighted by molar-refractivity contribution is 5.95. The highest BCUT2D eigenvalue weighted by Gasteiger charge is 2.18. The van der Waals surface area contributed by atoms with Crippen molar-refractivity contribution in [3.05, 3.63) is 76.2 Å². The van der Waals surface area contributed by atoms with Gasteiger partial charge in [-0.2, -0.15) is 8.78 Å². The van der Waals surface area contributed by atoms with E-state index in [4.69, 9.17) is 9.47 Å². The number of carbonyl (C=O) groups is 2. The molecule has 0 unspecified atom stereocenters. The number of esters is 1. The Morgan fingerprint density at radius 1 is 1.11 bits per heavy atom. The molecule has 0 aliphatic heterocycles. The number of amides is 1. The number of para-hydroxylation sites is 1. The van der Waals surface area contributed by atoms with Crippen LogP contribution in [0.2, 0.25) is 0 Å². The molecule has 11 heteroatoms. The predicted octanol–water partition coefficient (Wildman–Crippen LogP) is 3.29. The van der Waals surface area contributed by atoms with Gasteiger partial charge in [0.2, 0.25) is 0 Å². The second-order valence-electron chi connectivity index (χ2n) is 7.21. The lowest BCUT2D eigenvalue weighted by Crippen LogP contribution is -2.25. The second kappa shape index (κ2) is 11.1. The van der Waals surface area contributed by atoms with E-state index >= 15 is 0 Å². The predicted molar refractivity (Wildman–Crippen MR) is 124 cm³/mol. The summed E-state index contributed by atoms with van der Waals surface area (Å²) in [6.45, 7) is -1.95. The molecule has 0 saturated heterocycles. The van der Waals surface area contributed by atoms with Gasteiger partial charge < -0.3 is 19.5 Å². The zero-order valence-electron chi connectivity index (χ0n) is 19.2. The van der Waals surface area contributed by atoms with Crippen LogP contribution in [0.5, 0.6) is 11.5 Å². The van der Waals surface area contributed by atoms with E-state index in [1.165, 1.54) is 36.1 Å². The zero-order chi connectivity index (χ0) is 25.5. The fourth-order valence-corrected chi connectivity index (χ4v) is 3.22. The molecule has 0 radical (unpaired) electrons. The minimum atomic E-state index is -3.01. The Balaban J connectivity index is 1.61. The standard InChI is InChI=1S/C24H23F2N3O6/c1-15-22(23(32)29(28(15)2)17-7-5-4-6-8-17)27-20(30)14-34-21(31)12-10-16-9-11-18(35-24(25)26)19(13-16)33-3/h4-13,24H,14H2,1-3H3,(H,27,30)/b12-10+. The van der Waals surface area contributed by atoms with Gasteiger partial charge in [0.1, 0.15) is 5.69 Å². The Labute approximate surface area is 199 Å². The quantitative estimate of drug-likeness (QED) is 0.367. The molecule has 0 saturated carbocycles. The summed E-state index contributed by atoms with van der Waals surface area (Å²) in [5, 5.41) is 2.49. The van der Waals surface area contributed by atoms with Crippen LogP contribution in [0, 0.1) is 6.92 Å². The van der Waals surface area contributed by atoms with E-state index in [0.717, 1.165) is 6.08 Å². The summed E-state index contributed by atoms with van der Waals surface area (Å²) in [4.78, 5) is 37.1. The van der Waals surface area contributed by atoms with E-state index in [1.807, 2.05) is 6.07 Å². The molecule has 0 bridgehead atoms. The van der Waals surface area contributed by atoms with E-state index in [0.29, 0.717) is 16.9 Å². The molecule has 9 nitrogen and oxygen atoms in total. The molecule has 0 atom stereocenters. The smallest absolute Gasteiger partial charge is 0.387 e. The number of benzene rings is 2. The maximum absolute atomic E-state index is 12.8. The number of hydrogen-bond donors (Lipinski definition) is 1. The zero-order valence-corrected chi connectivity index (χ0v) is 19.2. The minimum Gasteiger partial charge on any atom is -0.493 e. The first-order valence-corrected chi connectivity index (χ1v) is 10.3. The van der Waals surface area contributed by atoms with Crippen molar-refractivity contribution in [1.82, 2.24) is 9.36 Å². The molecule has 1 amide bonds. The fraction of sp³-hybridized carbons (Fsp3) is 0.208. The average molecular weight is 487 g/mol. The van der Waals surface area contributed by atoms with Crippen LogP contribution in [-0.2, 0) is 21.4 Å². The van der Waals surface area contributed by atoms with Crippen molar-refractivity contribution >= 4 is 23.6 Å². The second-order valence-corrected chi connectivity index (χ2v) is 7.21. The largest absolute Gasteiger partial charge is 0.493 e. The van der Waals surface area contributed by atoms with Crippen LogP contribution < -0.4 is 20.3 Å². The number of hydrogen-bond acceptors (Lipinski definition) is 6. The van der Waals surface area contributed by atoms with Crippen molar-refractivity contribution < 1.29 is 32.6 Å². The first-order chi connectivity index (χ1) is 16.7. The third kappa shape index (κ3) is 6.14. The van der Waals surface area contributed by atoms with Crippen molar-refractivity contribution in [3.8, 4) is 17.2 Å². The van der Waals surface area contributed by atoms with Crippen molar-refractivity contribution in [2.75, 3.05) is 19.0 Å². The van der Waals surface area contributed by atoms with Crippen molar-refractivity contribution in [1.29, 1.82) is 0 Å². The SMILES string of the molecule is COc1cc(/C=C/C(=O)OCC(=O)Nc2c(C)n(C)n(-c3ccccc3)c2=O)ccc1OC(F)F. The summed E-state index contributed by atoms with van der Waals surface area (Å²) < 4.78 is 42.1. The van der Waals surface area contributed by atoms with Gasteiger partial charge in [0.05, 0.1) is 18.5 Å². The van der Waals surface area contributed by atoms with E-state index in [1.54, 1.807) is 42.9 Å². The van der Waals surface area contributed by atoms with Gasteiger partial charge in [-0.3, -0.25) is 14.3 Å². The fourth-order valence-electron chi connectivity index (χ4n) is 3.22. The molecule has 0 spiro atoms. The Morgan fingerprint density at radius 3 is 2.49 bits per heavy atom. The Morgan fingerprint density at radius 2 is 1.83 bits per heavy atom. The molecular weight excluding hydrogens is 464 g/mol. The Bertz CT molecular complexity index is 1300. The molecule has 0 aliphatic carbocycles. The highest BCUT2D eigenvalue weighted by Crippen LogP contribution is 2.29. The molecule has 0 fully saturated rings. The van der Waals surface area contributed by atoms with Crippen LogP contribution in [0.25, 0.3) is 11.8 Å². The normalized spacial score (nSPS) is 11.0. The van der Waals surface area contributed by atoms with Gasteiger partial charge in [-0.05, 0) is 42.8 Å². The Kier molecular flexibility index (Phi) is 8.03. The summed E-state index contributed by atoms with van der Waals surface area (Å²) in [7, 11) is 2.97. The van der Waals surface area contributed by atoms with E-state index in [2.05, 4.69) is 10.1 Å². The maximum atomic E-state index is 12.8. The third-order valence-corrected chi connectivity index (χ3v) is 4.98. The number of ether oxygens (including phenoxy) is 3. The van der Waals surface area contributed by atoms with Gasteiger partial charge >= 0.3 is 12.6 Å². The van der Waals surface area contributed by atoms with E-state index < -0.39 is 30.7 Å².